The summed E-state index contributed by atoms with van der Waals surface area (Å²) in [6, 6.07) is 9.65. The van der Waals surface area contributed by atoms with E-state index >= 15 is 0 Å². The molecule has 1 atom stereocenters. The molecule has 9 nitrogen and oxygen atoms in total. The van der Waals surface area contributed by atoms with Crippen molar-refractivity contribution in [3.05, 3.63) is 58.8 Å². The van der Waals surface area contributed by atoms with Gasteiger partial charge in [0.25, 0.3) is 11.1 Å². The van der Waals surface area contributed by atoms with Crippen molar-refractivity contribution in [3.63, 3.8) is 0 Å². The first-order valence-electron chi connectivity index (χ1n) is 9.56. The molecule has 0 saturated carbocycles. The fraction of sp³-hybridized carbons (Fsp3) is 0.182. The van der Waals surface area contributed by atoms with Crippen molar-refractivity contribution in [1.82, 2.24) is 4.90 Å². The van der Waals surface area contributed by atoms with E-state index < -0.39 is 41.5 Å². The minimum absolute atomic E-state index is 0.101. The van der Waals surface area contributed by atoms with Gasteiger partial charge in [0, 0.05) is 5.69 Å². The number of carbonyl (C=O) groups excluding carboxylic acids is 3. The van der Waals surface area contributed by atoms with Crippen molar-refractivity contribution in [2.75, 3.05) is 19.0 Å². The Morgan fingerprint density at radius 2 is 1.88 bits per heavy atom. The zero-order valence-corrected chi connectivity index (χ0v) is 18.3. The van der Waals surface area contributed by atoms with E-state index in [1.165, 1.54) is 56.5 Å². The number of nitrogens with one attached hydrogen (secondary N) is 1. The van der Waals surface area contributed by atoms with Gasteiger partial charge in [0.15, 0.2) is 17.6 Å². The molecule has 0 aromatic heterocycles. The molecule has 1 aliphatic rings. The van der Waals surface area contributed by atoms with Crippen molar-refractivity contribution in [1.29, 1.82) is 0 Å². The number of carboxylic acids is 1. The lowest BCUT2D eigenvalue weighted by Gasteiger charge is -2.14. The standard InChI is InChI=1S/C22H19FN2O7S/c1-12(21(28)29)32-16-8-3-13(9-17(16)31-2)10-18-20(27)25(22(30)33-18)11-19(26)24-15-6-4-14(23)5-7-15/h3-10,12H,11H2,1-2H3,(H,24,26)(H,28,29). The van der Waals surface area contributed by atoms with Gasteiger partial charge in [0.1, 0.15) is 12.4 Å². The summed E-state index contributed by atoms with van der Waals surface area (Å²) in [6.07, 6.45) is 0.359. The molecular formula is C22H19FN2O7S. The Kier molecular flexibility index (Phi) is 7.34. The number of thioether (sulfide) groups is 1. The average Bonchev–Trinajstić information content (AvgIpc) is 3.03. The number of anilines is 1. The Morgan fingerprint density at radius 1 is 1.18 bits per heavy atom. The summed E-state index contributed by atoms with van der Waals surface area (Å²) in [5, 5.41) is 10.9. The summed E-state index contributed by atoms with van der Waals surface area (Å²) >= 11 is 0.678. The average molecular weight is 474 g/mol. The highest BCUT2D eigenvalue weighted by atomic mass is 32.2. The molecule has 0 aliphatic carbocycles. The molecule has 172 valence electrons. The number of hydrogen-bond acceptors (Lipinski definition) is 7. The molecule has 1 saturated heterocycles. The van der Waals surface area contributed by atoms with E-state index in [1.807, 2.05) is 0 Å². The van der Waals surface area contributed by atoms with Crippen LogP contribution < -0.4 is 14.8 Å². The van der Waals surface area contributed by atoms with Gasteiger partial charge < -0.3 is 19.9 Å². The lowest BCUT2D eigenvalue weighted by molar-refractivity contribution is -0.144. The van der Waals surface area contributed by atoms with Crippen LogP contribution in [0.25, 0.3) is 6.08 Å². The molecule has 0 radical (unpaired) electrons. The maximum absolute atomic E-state index is 13.0. The number of amides is 3. The van der Waals surface area contributed by atoms with E-state index in [4.69, 9.17) is 14.6 Å². The molecular weight excluding hydrogens is 455 g/mol. The van der Waals surface area contributed by atoms with Crippen LogP contribution in [0.15, 0.2) is 47.4 Å². The number of methoxy groups -OCH3 is 1. The number of carboxylic acid groups (broad SMARTS) is 1. The van der Waals surface area contributed by atoms with Crippen molar-refractivity contribution in [3.8, 4) is 11.5 Å². The van der Waals surface area contributed by atoms with Gasteiger partial charge in [-0.2, -0.15) is 0 Å². The summed E-state index contributed by atoms with van der Waals surface area (Å²) < 4.78 is 23.5. The second-order valence-electron chi connectivity index (χ2n) is 6.83. The predicted molar refractivity (Wildman–Crippen MR) is 118 cm³/mol. The molecule has 33 heavy (non-hydrogen) atoms. The van der Waals surface area contributed by atoms with Crippen LogP contribution in [0.3, 0.4) is 0 Å². The minimum Gasteiger partial charge on any atom is -0.493 e. The third kappa shape index (κ3) is 5.89. The number of rotatable bonds is 8. The minimum atomic E-state index is -1.14. The van der Waals surface area contributed by atoms with Crippen molar-refractivity contribution in [2.45, 2.75) is 13.0 Å². The second-order valence-corrected chi connectivity index (χ2v) is 7.82. The highest BCUT2D eigenvalue weighted by Gasteiger charge is 2.36. The lowest BCUT2D eigenvalue weighted by atomic mass is 10.2. The first-order valence-corrected chi connectivity index (χ1v) is 10.4. The van der Waals surface area contributed by atoms with Crippen LogP contribution in [-0.4, -0.2) is 52.8 Å². The molecule has 3 amide bonds. The Balaban J connectivity index is 1.71. The summed E-state index contributed by atoms with van der Waals surface area (Å²) in [4.78, 5) is 49.1. The molecule has 1 aliphatic heterocycles. The summed E-state index contributed by atoms with van der Waals surface area (Å²) in [7, 11) is 1.38. The second kappa shape index (κ2) is 10.2. The summed E-state index contributed by atoms with van der Waals surface area (Å²) in [5.41, 5.74) is 0.832. The van der Waals surface area contributed by atoms with Gasteiger partial charge >= 0.3 is 5.97 Å². The number of nitrogens with zero attached hydrogens (tertiary/aromatic N) is 1. The van der Waals surface area contributed by atoms with Gasteiger partial charge in [-0.25, -0.2) is 9.18 Å². The topological polar surface area (TPSA) is 122 Å². The Labute approximate surface area is 192 Å². The van der Waals surface area contributed by atoms with E-state index in [1.54, 1.807) is 6.07 Å². The van der Waals surface area contributed by atoms with Crippen LogP contribution in [0, 0.1) is 5.82 Å². The van der Waals surface area contributed by atoms with E-state index in [0.29, 0.717) is 23.0 Å². The third-order valence-electron chi connectivity index (χ3n) is 4.44. The number of imide groups is 1. The molecule has 11 heteroatoms. The normalized spacial score (nSPS) is 15.5. The molecule has 2 N–H and O–H groups in total. The number of aliphatic carboxylic acids is 1. The Bertz CT molecular complexity index is 1130. The third-order valence-corrected chi connectivity index (χ3v) is 5.35. The molecule has 3 rings (SSSR count). The maximum Gasteiger partial charge on any atom is 0.344 e. The predicted octanol–water partition coefficient (Wildman–Crippen LogP) is 3.36. The highest BCUT2D eigenvalue weighted by Crippen LogP contribution is 2.34. The Morgan fingerprint density at radius 3 is 2.52 bits per heavy atom. The Hall–Kier alpha value is -3.86. The molecule has 2 aromatic rings. The van der Waals surface area contributed by atoms with Gasteiger partial charge in [0.05, 0.1) is 12.0 Å². The first kappa shape index (κ1) is 23.8. The van der Waals surface area contributed by atoms with Crippen LogP contribution in [0.4, 0.5) is 14.9 Å². The number of halogens is 1. The van der Waals surface area contributed by atoms with E-state index in [-0.39, 0.29) is 16.4 Å². The SMILES string of the molecule is COc1cc(C=C2SC(=O)N(CC(=O)Nc3ccc(F)cc3)C2=O)ccc1OC(C)C(=O)O. The largest absolute Gasteiger partial charge is 0.493 e. The molecule has 2 aromatic carbocycles. The fourth-order valence-electron chi connectivity index (χ4n) is 2.78. The van der Waals surface area contributed by atoms with Gasteiger partial charge in [-0.1, -0.05) is 6.07 Å². The van der Waals surface area contributed by atoms with E-state index in [0.717, 1.165) is 4.90 Å². The number of ether oxygens (including phenoxy) is 2. The number of benzene rings is 2. The smallest absolute Gasteiger partial charge is 0.344 e. The molecule has 0 bridgehead atoms. The monoisotopic (exact) mass is 474 g/mol. The summed E-state index contributed by atoms with van der Waals surface area (Å²) in [6.45, 7) is 0.875. The number of hydrogen-bond donors (Lipinski definition) is 2. The maximum atomic E-state index is 13.0. The lowest BCUT2D eigenvalue weighted by Crippen LogP contribution is -2.36. The van der Waals surface area contributed by atoms with E-state index in [2.05, 4.69) is 5.32 Å². The molecule has 1 fully saturated rings. The van der Waals surface area contributed by atoms with Gasteiger partial charge in [0.2, 0.25) is 5.91 Å². The first-order chi connectivity index (χ1) is 15.7. The van der Waals surface area contributed by atoms with Crippen molar-refractivity contribution in [2.24, 2.45) is 0 Å². The molecule has 1 unspecified atom stereocenters. The summed E-state index contributed by atoms with van der Waals surface area (Å²) in [5.74, 6) is -2.40. The van der Waals surface area contributed by atoms with Crippen LogP contribution >= 0.6 is 11.8 Å². The van der Waals surface area contributed by atoms with Crippen LogP contribution in [0.1, 0.15) is 12.5 Å². The van der Waals surface area contributed by atoms with Crippen molar-refractivity contribution < 1.29 is 38.1 Å². The van der Waals surface area contributed by atoms with Gasteiger partial charge in [-0.15, -0.1) is 0 Å². The molecule has 1 heterocycles. The van der Waals surface area contributed by atoms with Crippen LogP contribution in [-0.2, 0) is 14.4 Å². The zero-order chi connectivity index (χ0) is 24.1. The van der Waals surface area contributed by atoms with Crippen LogP contribution in [0.2, 0.25) is 0 Å². The number of carbonyl (C=O) groups is 4. The van der Waals surface area contributed by atoms with E-state index in [9.17, 15) is 23.6 Å². The van der Waals surface area contributed by atoms with Crippen molar-refractivity contribution >= 4 is 46.5 Å². The quantitative estimate of drug-likeness (QED) is 0.559. The highest BCUT2D eigenvalue weighted by molar-refractivity contribution is 8.18. The van der Waals surface area contributed by atoms with Crippen LogP contribution in [0.5, 0.6) is 11.5 Å². The van der Waals surface area contributed by atoms with Gasteiger partial charge in [-0.05, 0) is 66.7 Å². The fourth-order valence-corrected chi connectivity index (χ4v) is 3.62. The van der Waals surface area contributed by atoms with Gasteiger partial charge in [-0.3, -0.25) is 19.3 Å². The molecule has 0 spiro atoms. The zero-order valence-electron chi connectivity index (χ0n) is 17.5.